The molecular weight excluding hydrogens is 305 g/mol. The van der Waals surface area contributed by atoms with E-state index in [1.165, 1.54) is 0 Å². The van der Waals surface area contributed by atoms with Crippen LogP contribution in [0.1, 0.15) is 23.7 Å². The zero-order chi connectivity index (χ0) is 15.0. The van der Waals surface area contributed by atoms with Gasteiger partial charge in [0, 0.05) is 0 Å². The molecule has 0 spiro atoms. The third kappa shape index (κ3) is 2.37. The first kappa shape index (κ1) is 13.9. The highest BCUT2D eigenvalue weighted by Crippen LogP contribution is 2.31. The van der Waals surface area contributed by atoms with Crippen molar-refractivity contribution in [3.05, 3.63) is 58.9 Å². The van der Waals surface area contributed by atoms with Crippen LogP contribution in [-0.4, -0.2) is 9.55 Å². The van der Waals surface area contributed by atoms with Crippen LogP contribution in [0.15, 0.2) is 42.5 Å². The fourth-order valence-electron chi connectivity index (χ4n) is 2.32. The summed E-state index contributed by atoms with van der Waals surface area (Å²) in [6, 6.07) is 15.0. The quantitative estimate of drug-likeness (QED) is 0.634. The second kappa shape index (κ2) is 5.40. The van der Waals surface area contributed by atoms with Crippen LogP contribution in [0.25, 0.3) is 16.7 Å². The van der Waals surface area contributed by atoms with Gasteiger partial charge in [-0.25, -0.2) is 4.98 Å². The molecule has 3 nitrogen and oxygen atoms in total. The number of imidazole rings is 1. The lowest BCUT2D eigenvalue weighted by molar-refractivity contribution is 0.882. The zero-order valence-electron chi connectivity index (χ0n) is 11.2. The molecule has 3 rings (SSSR count). The van der Waals surface area contributed by atoms with Crippen molar-refractivity contribution in [2.24, 2.45) is 0 Å². The molecule has 1 atom stereocenters. The maximum absolute atomic E-state index is 9.10. The lowest BCUT2D eigenvalue weighted by Crippen LogP contribution is -2.03. The van der Waals surface area contributed by atoms with Crippen molar-refractivity contribution in [1.82, 2.24) is 9.55 Å². The number of fused-ring (bicyclic) bond motifs is 1. The van der Waals surface area contributed by atoms with Gasteiger partial charge in [-0.3, -0.25) is 4.57 Å². The van der Waals surface area contributed by atoms with E-state index in [2.05, 4.69) is 11.1 Å². The number of alkyl halides is 1. The van der Waals surface area contributed by atoms with Crippen LogP contribution in [0.3, 0.4) is 0 Å². The van der Waals surface area contributed by atoms with Crippen molar-refractivity contribution in [3.63, 3.8) is 0 Å². The normalized spacial score (nSPS) is 12.3. The van der Waals surface area contributed by atoms with E-state index in [9.17, 15) is 0 Å². The number of halogens is 2. The maximum Gasteiger partial charge on any atom is 0.132 e. The number of nitrogens with zero attached hydrogens (tertiary/aromatic N) is 3. The SMILES string of the molecule is CC(Cl)c1nc2ccccc2n1-c1cc(C#N)ccc1Cl. The van der Waals surface area contributed by atoms with Crippen molar-refractivity contribution in [2.45, 2.75) is 12.3 Å². The molecule has 1 unspecified atom stereocenters. The van der Waals surface area contributed by atoms with Gasteiger partial charge in [-0.2, -0.15) is 5.26 Å². The Balaban J connectivity index is 2.39. The van der Waals surface area contributed by atoms with Gasteiger partial charge < -0.3 is 0 Å². The van der Waals surface area contributed by atoms with Gasteiger partial charge in [0.25, 0.3) is 0 Å². The molecule has 0 bridgehead atoms. The average molecular weight is 316 g/mol. The Kier molecular flexibility index (Phi) is 3.59. The van der Waals surface area contributed by atoms with Gasteiger partial charge in [0.15, 0.2) is 0 Å². The molecule has 1 heterocycles. The molecule has 21 heavy (non-hydrogen) atoms. The molecule has 0 radical (unpaired) electrons. The average Bonchev–Trinajstić information content (AvgIpc) is 2.87. The van der Waals surface area contributed by atoms with E-state index in [1.54, 1.807) is 18.2 Å². The maximum atomic E-state index is 9.10. The summed E-state index contributed by atoms with van der Waals surface area (Å²) in [5.74, 6) is 0.704. The Morgan fingerprint density at radius 1 is 1.24 bits per heavy atom. The van der Waals surface area contributed by atoms with Crippen LogP contribution >= 0.6 is 23.2 Å². The monoisotopic (exact) mass is 315 g/mol. The van der Waals surface area contributed by atoms with Crippen LogP contribution < -0.4 is 0 Å². The molecule has 0 fully saturated rings. The first-order valence-electron chi connectivity index (χ1n) is 6.43. The number of aromatic nitrogens is 2. The molecule has 3 aromatic rings. The molecule has 2 aromatic carbocycles. The summed E-state index contributed by atoms with van der Waals surface area (Å²) in [7, 11) is 0. The van der Waals surface area contributed by atoms with Crippen LogP contribution in [0.5, 0.6) is 0 Å². The second-order valence-corrected chi connectivity index (χ2v) is 5.75. The first-order valence-corrected chi connectivity index (χ1v) is 7.24. The van der Waals surface area contributed by atoms with Crippen molar-refractivity contribution in [2.75, 3.05) is 0 Å². The highest BCUT2D eigenvalue weighted by atomic mass is 35.5. The molecule has 0 aliphatic rings. The summed E-state index contributed by atoms with van der Waals surface area (Å²) in [5.41, 5.74) is 3.02. The summed E-state index contributed by atoms with van der Waals surface area (Å²) >= 11 is 12.6. The van der Waals surface area contributed by atoms with E-state index in [0.29, 0.717) is 22.1 Å². The third-order valence-electron chi connectivity index (χ3n) is 3.26. The summed E-state index contributed by atoms with van der Waals surface area (Å²) in [4.78, 5) is 4.57. The Morgan fingerprint density at radius 3 is 2.71 bits per heavy atom. The van der Waals surface area contributed by atoms with E-state index in [1.807, 2.05) is 35.8 Å². The number of hydrogen-bond acceptors (Lipinski definition) is 2. The summed E-state index contributed by atoms with van der Waals surface area (Å²) in [6.45, 7) is 1.86. The van der Waals surface area contributed by atoms with Crippen molar-refractivity contribution < 1.29 is 0 Å². The minimum Gasteiger partial charge on any atom is -0.293 e. The van der Waals surface area contributed by atoms with Crippen LogP contribution in [0.4, 0.5) is 0 Å². The number of rotatable bonds is 2. The van der Waals surface area contributed by atoms with Gasteiger partial charge in [0.1, 0.15) is 5.82 Å². The molecular formula is C16H11Cl2N3. The van der Waals surface area contributed by atoms with Crippen LogP contribution in [0.2, 0.25) is 5.02 Å². The Morgan fingerprint density at radius 2 is 2.00 bits per heavy atom. The molecule has 1 aromatic heterocycles. The van der Waals surface area contributed by atoms with Gasteiger partial charge in [-0.1, -0.05) is 23.7 Å². The summed E-state index contributed by atoms with van der Waals surface area (Å²) in [6.07, 6.45) is 0. The van der Waals surface area contributed by atoms with E-state index in [0.717, 1.165) is 11.0 Å². The first-order chi connectivity index (χ1) is 10.1. The minimum atomic E-state index is -0.279. The van der Waals surface area contributed by atoms with E-state index in [-0.39, 0.29) is 5.38 Å². The van der Waals surface area contributed by atoms with Gasteiger partial charge >= 0.3 is 0 Å². The van der Waals surface area contributed by atoms with Crippen molar-refractivity contribution in [1.29, 1.82) is 5.26 Å². The third-order valence-corrected chi connectivity index (χ3v) is 3.77. The number of hydrogen-bond donors (Lipinski definition) is 0. The fourth-order valence-corrected chi connectivity index (χ4v) is 2.67. The lowest BCUT2D eigenvalue weighted by Gasteiger charge is -2.12. The molecule has 0 N–H and O–H groups in total. The summed E-state index contributed by atoms with van der Waals surface area (Å²) in [5, 5.41) is 9.37. The van der Waals surface area contributed by atoms with E-state index in [4.69, 9.17) is 28.5 Å². The van der Waals surface area contributed by atoms with E-state index < -0.39 is 0 Å². The molecule has 0 aliphatic heterocycles. The van der Waals surface area contributed by atoms with Crippen molar-refractivity contribution >= 4 is 34.2 Å². The van der Waals surface area contributed by atoms with Crippen LogP contribution in [-0.2, 0) is 0 Å². The Hall–Kier alpha value is -2.02. The van der Waals surface area contributed by atoms with Gasteiger partial charge in [0.05, 0.1) is 38.8 Å². The smallest absolute Gasteiger partial charge is 0.132 e. The standard InChI is InChI=1S/C16H11Cl2N3/c1-10(17)16-20-13-4-2-3-5-14(13)21(16)15-8-11(9-19)6-7-12(15)18/h2-8,10H,1H3. The predicted octanol–water partition coefficient (Wildman–Crippen LogP) is 4.85. The predicted molar refractivity (Wildman–Crippen MR) is 85.1 cm³/mol. The lowest BCUT2D eigenvalue weighted by atomic mass is 10.2. The molecule has 0 saturated heterocycles. The molecule has 0 aliphatic carbocycles. The minimum absolute atomic E-state index is 0.279. The van der Waals surface area contributed by atoms with E-state index >= 15 is 0 Å². The highest BCUT2D eigenvalue weighted by Gasteiger charge is 2.18. The van der Waals surface area contributed by atoms with Gasteiger partial charge in [-0.05, 0) is 37.3 Å². The summed E-state index contributed by atoms with van der Waals surface area (Å²) < 4.78 is 1.91. The molecule has 0 saturated carbocycles. The number of nitriles is 1. The molecule has 5 heteroatoms. The number of para-hydroxylation sites is 2. The number of benzene rings is 2. The second-order valence-electron chi connectivity index (χ2n) is 4.69. The van der Waals surface area contributed by atoms with Gasteiger partial charge in [-0.15, -0.1) is 11.6 Å². The van der Waals surface area contributed by atoms with Crippen molar-refractivity contribution in [3.8, 4) is 11.8 Å². The molecule has 0 amide bonds. The largest absolute Gasteiger partial charge is 0.293 e. The zero-order valence-corrected chi connectivity index (χ0v) is 12.7. The van der Waals surface area contributed by atoms with Crippen LogP contribution in [0, 0.1) is 11.3 Å². The topological polar surface area (TPSA) is 41.6 Å². The Labute approximate surface area is 132 Å². The van der Waals surface area contributed by atoms with Gasteiger partial charge in [0.2, 0.25) is 0 Å². The molecule has 104 valence electrons. The Bertz CT molecular complexity index is 860. The highest BCUT2D eigenvalue weighted by molar-refractivity contribution is 6.32. The fraction of sp³-hybridized carbons (Fsp3) is 0.125.